The van der Waals surface area contributed by atoms with Crippen LogP contribution in [0.4, 0.5) is 0 Å². The highest BCUT2D eigenvalue weighted by Gasteiger charge is 2.21. The Bertz CT molecular complexity index is 1000. The Morgan fingerprint density at radius 1 is 1.14 bits per heavy atom. The van der Waals surface area contributed by atoms with Gasteiger partial charge in [0.2, 0.25) is 11.8 Å². The Hall–Kier alpha value is -2.57. The predicted molar refractivity (Wildman–Crippen MR) is 112 cm³/mol. The fourth-order valence-electron chi connectivity index (χ4n) is 2.70. The number of hydrogen-bond acceptors (Lipinski definition) is 5. The van der Waals surface area contributed by atoms with E-state index in [9.17, 15) is 4.79 Å². The summed E-state index contributed by atoms with van der Waals surface area (Å²) < 4.78 is 11.3. The molecule has 8 heteroatoms. The Balaban J connectivity index is 1.67. The van der Waals surface area contributed by atoms with E-state index in [1.54, 1.807) is 35.2 Å². The molecule has 0 aliphatic rings. The van der Waals surface area contributed by atoms with Gasteiger partial charge in [-0.15, -0.1) is 10.2 Å². The van der Waals surface area contributed by atoms with E-state index in [0.29, 0.717) is 33.1 Å². The van der Waals surface area contributed by atoms with Crippen LogP contribution in [-0.2, 0) is 11.3 Å². The van der Waals surface area contributed by atoms with Crippen LogP contribution < -0.4 is 4.74 Å². The summed E-state index contributed by atoms with van der Waals surface area (Å²) in [6.45, 7) is 5.77. The normalized spacial score (nSPS) is 11.0. The molecular weight excluding hydrogens is 413 g/mol. The van der Waals surface area contributed by atoms with E-state index >= 15 is 0 Å². The van der Waals surface area contributed by atoms with E-state index in [4.69, 9.17) is 32.4 Å². The van der Waals surface area contributed by atoms with Gasteiger partial charge in [-0.3, -0.25) is 4.79 Å². The van der Waals surface area contributed by atoms with E-state index in [1.807, 2.05) is 32.9 Å². The Morgan fingerprint density at radius 2 is 1.90 bits per heavy atom. The smallest absolute Gasteiger partial charge is 0.261 e. The second-order valence-corrected chi connectivity index (χ2v) is 7.61. The molecule has 1 heterocycles. The first-order valence-corrected chi connectivity index (χ1v) is 9.86. The summed E-state index contributed by atoms with van der Waals surface area (Å²) in [5, 5.41) is 9.27. The minimum atomic E-state index is -0.190. The number of hydrogen-bond donors (Lipinski definition) is 0. The molecule has 1 amide bonds. The van der Waals surface area contributed by atoms with Gasteiger partial charge >= 0.3 is 0 Å². The molecule has 6 nitrogen and oxygen atoms in total. The summed E-state index contributed by atoms with van der Waals surface area (Å²) in [5.74, 6) is 1.03. The van der Waals surface area contributed by atoms with E-state index in [-0.39, 0.29) is 25.1 Å². The van der Waals surface area contributed by atoms with E-state index in [0.717, 1.165) is 5.56 Å². The number of aromatic nitrogens is 2. The monoisotopic (exact) mass is 433 g/mol. The summed E-state index contributed by atoms with van der Waals surface area (Å²) in [7, 11) is 0. The zero-order chi connectivity index (χ0) is 21.0. The zero-order valence-electron chi connectivity index (χ0n) is 16.4. The minimum Gasteiger partial charge on any atom is -0.484 e. The van der Waals surface area contributed by atoms with Crippen LogP contribution in [0.15, 0.2) is 46.9 Å². The van der Waals surface area contributed by atoms with Crippen LogP contribution >= 0.6 is 23.2 Å². The largest absolute Gasteiger partial charge is 0.484 e. The standard InChI is InChI=1S/C21H21Cl2N3O3/c1-13(2)26(20(27)12-28-15-8-9-17(22)14(3)10-15)11-19-24-25-21(29-19)16-6-4-5-7-18(16)23/h4-10,13H,11-12H2,1-3H3. The van der Waals surface area contributed by atoms with Crippen molar-refractivity contribution in [1.29, 1.82) is 0 Å². The number of rotatable bonds is 7. The van der Waals surface area contributed by atoms with Crippen molar-refractivity contribution in [2.45, 2.75) is 33.4 Å². The number of amides is 1. The van der Waals surface area contributed by atoms with Gasteiger partial charge in [-0.1, -0.05) is 35.3 Å². The summed E-state index contributed by atoms with van der Waals surface area (Å²) >= 11 is 12.2. The molecule has 1 aromatic heterocycles. The molecule has 0 saturated carbocycles. The van der Waals surface area contributed by atoms with Gasteiger partial charge in [-0.05, 0) is 56.7 Å². The summed E-state index contributed by atoms with van der Waals surface area (Å²) in [6, 6.07) is 12.4. The van der Waals surface area contributed by atoms with Gasteiger partial charge in [0.1, 0.15) is 5.75 Å². The number of carbonyl (C=O) groups is 1. The molecule has 0 aliphatic carbocycles. The van der Waals surface area contributed by atoms with Gasteiger partial charge in [0.15, 0.2) is 6.61 Å². The third kappa shape index (κ3) is 5.28. The highest BCUT2D eigenvalue weighted by atomic mass is 35.5. The highest BCUT2D eigenvalue weighted by molar-refractivity contribution is 6.33. The second-order valence-electron chi connectivity index (χ2n) is 6.80. The van der Waals surface area contributed by atoms with Crippen molar-refractivity contribution in [3.8, 4) is 17.2 Å². The fourth-order valence-corrected chi connectivity index (χ4v) is 3.03. The lowest BCUT2D eigenvalue weighted by molar-refractivity contribution is -0.136. The van der Waals surface area contributed by atoms with Crippen molar-refractivity contribution >= 4 is 29.1 Å². The van der Waals surface area contributed by atoms with Crippen molar-refractivity contribution in [2.75, 3.05) is 6.61 Å². The number of aryl methyl sites for hydroxylation is 1. The summed E-state index contributed by atoms with van der Waals surface area (Å²) in [4.78, 5) is 14.3. The van der Waals surface area contributed by atoms with E-state index in [1.165, 1.54) is 0 Å². The maximum Gasteiger partial charge on any atom is 0.261 e. The average Bonchev–Trinajstić information content (AvgIpc) is 3.15. The van der Waals surface area contributed by atoms with E-state index < -0.39 is 0 Å². The van der Waals surface area contributed by atoms with Crippen molar-refractivity contribution in [1.82, 2.24) is 15.1 Å². The SMILES string of the molecule is Cc1cc(OCC(=O)N(Cc2nnc(-c3ccccc3Cl)o2)C(C)C)ccc1Cl. The van der Waals surface area contributed by atoms with Crippen LogP contribution in [0.25, 0.3) is 11.5 Å². The van der Waals surface area contributed by atoms with Crippen molar-refractivity contribution in [2.24, 2.45) is 0 Å². The van der Waals surface area contributed by atoms with Crippen LogP contribution in [0.3, 0.4) is 0 Å². The number of carbonyl (C=O) groups excluding carboxylic acids is 1. The van der Waals surface area contributed by atoms with Gasteiger partial charge < -0.3 is 14.1 Å². The Morgan fingerprint density at radius 3 is 2.59 bits per heavy atom. The maximum atomic E-state index is 12.7. The lowest BCUT2D eigenvalue weighted by Gasteiger charge is -2.25. The van der Waals surface area contributed by atoms with Crippen LogP contribution in [-0.4, -0.2) is 33.7 Å². The summed E-state index contributed by atoms with van der Waals surface area (Å²) in [6.07, 6.45) is 0. The molecule has 29 heavy (non-hydrogen) atoms. The summed E-state index contributed by atoms with van der Waals surface area (Å²) in [5.41, 5.74) is 1.53. The van der Waals surface area contributed by atoms with Gasteiger partial charge in [0.25, 0.3) is 5.91 Å². The topological polar surface area (TPSA) is 68.5 Å². The van der Waals surface area contributed by atoms with Gasteiger partial charge in [-0.25, -0.2) is 0 Å². The molecular formula is C21H21Cl2N3O3. The molecule has 0 fully saturated rings. The molecule has 3 rings (SSSR count). The average molecular weight is 434 g/mol. The molecule has 0 radical (unpaired) electrons. The zero-order valence-corrected chi connectivity index (χ0v) is 17.9. The fraction of sp³-hybridized carbons (Fsp3) is 0.286. The quantitative estimate of drug-likeness (QED) is 0.513. The first-order chi connectivity index (χ1) is 13.8. The molecule has 0 N–H and O–H groups in total. The van der Waals surface area contributed by atoms with Crippen molar-refractivity contribution < 1.29 is 13.9 Å². The van der Waals surface area contributed by atoms with Gasteiger partial charge in [-0.2, -0.15) is 0 Å². The van der Waals surface area contributed by atoms with Gasteiger partial charge in [0.05, 0.1) is 17.1 Å². The van der Waals surface area contributed by atoms with E-state index in [2.05, 4.69) is 10.2 Å². The third-order valence-electron chi connectivity index (χ3n) is 4.31. The lowest BCUT2D eigenvalue weighted by Crippen LogP contribution is -2.39. The molecule has 0 unspecified atom stereocenters. The maximum absolute atomic E-state index is 12.7. The molecule has 152 valence electrons. The number of ether oxygens (including phenoxy) is 1. The van der Waals surface area contributed by atoms with Crippen LogP contribution in [0, 0.1) is 6.92 Å². The van der Waals surface area contributed by atoms with Crippen LogP contribution in [0.1, 0.15) is 25.3 Å². The van der Waals surface area contributed by atoms with Crippen LogP contribution in [0.5, 0.6) is 5.75 Å². The molecule has 0 saturated heterocycles. The Labute approximate surface area is 179 Å². The number of halogens is 2. The van der Waals surface area contributed by atoms with Crippen LogP contribution in [0.2, 0.25) is 10.0 Å². The molecule has 3 aromatic rings. The number of benzene rings is 2. The molecule has 0 atom stereocenters. The predicted octanol–water partition coefficient (Wildman–Crippen LogP) is 5.17. The third-order valence-corrected chi connectivity index (χ3v) is 5.07. The number of nitrogens with zero attached hydrogens (tertiary/aromatic N) is 3. The Kier molecular flexibility index (Phi) is 6.77. The highest BCUT2D eigenvalue weighted by Crippen LogP contribution is 2.26. The van der Waals surface area contributed by atoms with Gasteiger partial charge in [0, 0.05) is 11.1 Å². The lowest BCUT2D eigenvalue weighted by atomic mass is 10.2. The van der Waals surface area contributed by atoms with Crippen molar-refractivity contribution in [3.05, 3.63) is 64.0 Å². The first kappa shape index (κ1) is 21.1. The molecule has 0 bridgehead atoms. The molecule has 0 spiro atoms. The minimum absolute atomic E-state index is 0.0753. The van der Waals surface area contributed by atoms with Crippen molar-refractivity contribution in [3.63, 3.8) is 0 Å². The first-order valence-electron chi connectivity index (χ1n) is 9.11. The molecule has 0 aliphatic heterocycles. The second kappa shape index (κ2) is 9.29. The molecule has 2 aromatic carbocycles.